The van der Waals surface area contributed by atoms with E-state index < -0.39 is 57.7 Å². The van der Waals surface area contributed by atoms with Crippen molar-refractivity contribution in [1.29, 1.82) is 0 Å². The van der Waals surface area contributed by atoms with Gasteiger partial charge in [-0.1, -0.05) is 35.1 Å². The maximum absolute atomic E-state index is 13.0. The Morgan fingerprint density at radius 1 is 1.36 bits per heavy atom. The van der Waals surface area contributed by atoms with Gasteiger partial charge in [-0.3, -0.25) is 9.69 Å². The molecular weight excluding hydrogens is 462 g/mol. The number of piperazine rings is 1. The van der Waals surface area contributed by atoms with Crippen molar-refractivity contribution >= 4 is 51.3 Å². The number of benzene rings is 1. The van der Waals surface area contributed by atoms with Gasteiger partial charge in [-0.15, -0.1) is 0 Å². The molecule has 0 atom stereocenters. The Morgan fingerprint density at radius 3 is 2.94 bits per heavy atom. The molecule has 1 amide bonds. The Hall–Kier alpha value is -2.79. The van der Waals surface area contributed by atoms with Crippen LogP contribution in [0.4, 0.5) is 22.5 Å². The number of aromatic nitrogens is 3. The number of nitrogens with zero attached hydrogens (tertiary/aromatic N) is 5. The molecule has 2 aromatic heterocycles. The number of rotatable bonds is 7. The smallest absolute Gasteiger partial charge is 0.267 e. The predicted molar refractivity (Wildman–Crippen MR) is 132 cm³/mol. The first-order valence-corrected chi connectivity index (χ1v) is 10.5. The number of carbonyl (C=O) groups excluding carboxylic acids is 1. The van der Waals surface area contributed by atoms with Crippen molar-refractivity contribution in [3.8, 4) is 0 Å². The SMILES string of the molecule is [2H]C([2H])([2H])c1cccc(Cl)c1NC(=O)c1cnc(Nc2cc(N3C([2H])([2H])C([2H])([2H])N(C([2H])([2H])CO)C([2H])([2H])C3([2H])[2H])nc(C)n2)s1. The summed E-state index contributed by atoms with van der Waals surface area (Å²) in [5.74, 6) is -1.59. The Balaban J connectivity index is 1.68. The molecule has 0 aliphatic carbocycles. The van der Waals surface area contributed by atoms with E-state index in [2.05, 4.69) is 25.6 Å². The van der Waals surface area contributed by atoms with E-state index in [1.54, 1.807) is 0 Å². The number of nitrogens with one attached hydrogen (secondary N) is 2. The van der Waals surface area contributed by atoms with E-state index in [1.165, 1.54) is 25.1 Å². The number of hydrogen-bond donors (Lipinski definition) is 3. The lowest BCUT2D eigenvalue weighted by atomic mass is 10.2. The number of aliphatic hydroxyl groups is 1. The molecule has 174 valence electrons. The summed E-state index contributed by atoms with van der Waals surface area (Å²) in [7, 11) is 0. The zero-order valence-electron chi connectivity index (χ0n) is 30.0. The third kappa shape index (κ3) is 5.77. The van der Waals surface area contributed by atoms with Crippen molar-refractivity contribution in [2.45, 2.75) is 13.8 Å². The van der Waals surface area contributed by atoms with Crippen molar-refractivity contribution in [3.05, 3.63) is 51.7 Å². The number of anilines is 4. The molecule has 3 aromatic rings. The number of halogens is 1. The number of amides is 1. The van der Waals surface area contributed by atoms with Crippen LogP contribution < -0.4 is 15.5 Å². The molecule has 1 fully saturated rings. The molecule has 3 heterocycles. The van der Waals surface area contributed by atoms with Crippen LogP contribution in [0.1, 0.15) is 38.9 Å². The quantitative estimate of drug-likeness (QED) is 0.453. The maximum Gasteiger partial charge on any atom is 0.267 e. The van der Waals surface area contributed by atoms with Crippen LogP contribution in [0.5, 0.6) is 0 Å². The van der Waals surface area contributed by atoms with Gasteiger partial charge in [0.05, 0.1) is 29.0 Å². The van der Waals surface area contributed by atoms with Gasteiger partial charge in [-0.05, 0) is 25.4 Å². The third-order valence-corrected chi connectivity index (χ3v) is 5.27. The molecule has 9 nitrogen and oxygen atoms in total. The zero-order valence-corrected chi connectivity index (χ0v) is 18.5. The van der Waals surface area contributed by atoms with E-state index in [4.69, 9.17) is 29.4 Å². The Morgan fingerprint density at radius 2 is 2.18 bits per heavy atom. The van der Waals surface area contributed by atoms with Gasteiger partial charge in [0.1, 0.15) is 22.3 Å². The molecule has 1 saturated heterocycles. The summed E-state index contributed by atoms with van der Waals surface area (Å²) >= 11 is 6.94. The van der Waals surface area contributed by atoms with Crippen LogP contribution in [0.15, 0.2) is 30.5 Å². The minimum absolute atomic E-state index is 0.00403. The second kappa shape index (κ2) is 10.4. The predicted octanol–water partition coefficient (Wildman–Crippen LogP) is 3.31. The first-order chi connectivity index (χ1) is 20.9. The van der Waals surface area contributed by atoms with Gasteiger partial charge in [-0.2, -0.15) is 0 Å². The Bertz CT molecular complexity index is 1630. The average molecular weight is 501 g/mol. The van der Waals surface area contributed by atoms with Crippen LogP contribution in [-0.4, -0.2) is 70.0 Å². The van der Waals surface area contributed by atoms with Gasteiger partial charge < -0.3 is 20.6 Å². The molecule has 0 spiro atoms. The summed E-state index contributed by atoms with van der Waals surface area (Å²) in [6.07, 6.45) is 1.16. The fourth-order valence-electron chi connectivity index (χ4n) is 2.62. The Kier molecular flexibility index (Phi) is 3.82. The normalized spacial score (nSPS) is 27.1. The lowest BCUT2D eigenvalue weighted by molar-refractivity contribution is 0.103. The highest BCUT2D eigenvalue weighted by molar-refractivity contribution is 7.17. The summed E-state index contributed by atoms with van der Waals surface area (Å²) in [6, 6.07) is 5.12. The lowest BCUT2D eigenvalue weighted by Crippen LogP contribution is -2.47. The topological polar surface area (TPSA) is 107 Å². The van der Waals surface area contributed by atoms with E-state index in [9.17, 15) is 9.90 Å². The number of β-amino-alcohol motifs (C(OH)–C–C–N with tert-alkyl or cyclic N) is 1. The third-order valence-electron chi connectivity index (χ3n) is 4.05. The summed E-state index contributed by atoms with van der Waals surface area (Å²) < 4.78 is 107. The van der Waals surface area contributed by atoms with Crippen LogP contribution in [0.2, 0.25) is 5.02 Å². The van der Waals surface area contributed by atoms with Gasteiger partial charge in [0, 0.05) is 50.9 Å². The first kappa shape index (κ1) is 12.1. The number of carbonyl (C=O) groups is 1. The fourth-order valence-corrected chi connectivity index (χ4v) is 3.56. The van der Waals surface area contributed by atoms with Crippen LogP contribution in [-0.2, 0) is 0 Å². The number of aryl methyl sites for hydroxylation is 2. The number of thiazole rings is 1. The van der Waals surface area contributed by atoms with E-state index in [0.29, 0.717) is 0 Å². The van der Waals surface area contributed by atoms with Crippen molar-refractivity contribution in [1.82, 2.24) is 19.9 Å². The van der Waals surface area contributed by atoms with Crippen LogP contribution >= 0.6 is 22.9 Å². The van der Waals surface area contributed by atoms with Crippen molar-refractivity contribution in [2.75, 3.05) is 54.6 Å². The molecule has 33 heavy (non-hydrogen) atoms. The largest absolute Gasteiger partial charge is 0.395 e. The molecule has 1 aromatic carbocycles. The molecule has 1 aliphatic heterocycles. The molecule has 0 saturated carbocycles. The van der Waals surface area contributed by atoms with Crippen molar-refractivity contribution in [2.24, 2.45) is 0 Å². The van der Waals surface area contributed by atoms with Crippen molar-refractivity contribution in [3.63, 3.8) is 0 Å². The summed E-state index contributed by atoms with van der Waals surface area (Å²) in [5.41, 5.74) is -0.286. The molecule has 0 radical (unpaired) electrons. The maximum atomic E-state index is 13.0. The van der Waals surface area contributed by atoms with E-state index in [0.717, 1.165) is 23.6 Å². The van der Waals surface area contributed by atoms with Gasteiger partial charge >= 0.3 is 0 Å². The highest BCUT2D eigenvalue weighted by Gasteiger charge is 2.19. The van der Waals surface area contributed by atoms with E-state index in [1.807, 2.05) is 0 Å². The number of hydrogen-bond acceptors (Lipinski definition) is 9. The number of aliphatic hydroxyl groups excluding tert-OH is 1. The average Bonchev–Trinajstić information content (AvgIpc) is 3.36. The minimum Gasteiger partial charge on any atom is -0.395 e. The zero-order chi connectivity index (χ0) is 34.8. The molecule has 0 unspecified atom stereocenters. The highest BCUT2D eigenvalue weighted by Crippen LogP contribution is 2.28. The fraction of sp³-hybridized carbons (Fsp3) is 0.364. The minimum atomic E-state index is -3.57. The van der Waals surface area contributed by atoms with Gasteiger partial charge in [0.15, 0.2) is 5.13 Å². The van der Waals surface area contributed by atoms with Gasteiger partial charge in [-0.25, -0.2) is 15.0 Å². The second-order valence-corrected chi connectivity index (χ2v) is 7.80. The first-order valence-electron chi connectivity index (χ1n) is 15.8. The van der Waals surface area contributed by atoms with Crippen molar-refractivity contribution < 1.29 is 27.7 Å². The molecule has 1 aliphatic rings. The van der Waals surface area contributed by atoms with E-state index in [-0.39, 0.29) is 47.7 Å². The standard InChI is InChI=1S/C22H26ClN7O2S/c1-14-4-3-5-16(23)20(14)28-21(32)17-13-24-22(33-17)27-18-12-19(26-15(2)25-18)30-8-6-29(7-9-30)10-11-31/h3-5,12-13,31H,6-11H2,1-2H3,(H,28,32)(H,24,25,26,27)/i1D3,6D2,7D2,8D2,9D2,10D2. The summed E-state index contributed by atoms with van der Waals surface area (Å²) in [5, 5.41) is 14.8. The molecule has 0 bridgehead atoms. The lowest BCUT2D eigenvalue weighted by Gasteiger charge is -2.35. The summed E-state index contributed by atoms with van der Waals surface area (Å²) in [6.45, 7) is -20.0. The molecule has 11 heteroatoms. The van der Waals surface area contributed by atoms with Gasteiger partial charge in [0.2, 0.25) is 0 Å². The second-order valence-electron chi connectivity index (χ2n) is 6.36. The molecule has 4 rings (SSSR count). The van der Waals surface area contributed by atoms with Crippen LogP contribution in [0, 0.1) is 13.8 Å². The van der Waals surface area contributed by atoms with Gasteiger partial charge in [0.25, 0.3) is 5.91 Å². The summed E-state index contributed by atoms with van der Waals surface area (Å²) in [4.78, 5) is 25.0. The Labute approximate surface area is 219 Å². The number of para-hydroxylation sites is 1. The monoisotopic (exact) mass is 500 g/mol. The molecular formula is C22H26ClN7O2S. The van der Waals surface area contributed by atoms with Crippen LogP contribution in [0.3, 0.4) is 0 Å². The van der Waals surface area contributed by atoms with E-state index >= 15 is 0 Å². The highest BCUT2D eigenvalue weighted by atomic mass is 35.5. The van der Waals surface area contributed by atoms with Crippen LogP contribution in [0.25, 0.3) is 0 Å². The molecule has 3 N–H and O–H groups in total.